The molecule has 0 saturated heterocycles. The molecular formula is C14H11ClO5. The van der Waals surface area contributed by atoms with Crippen LogP contribution in [0.2, 0.25) is 5.02 Å². The molecule has 20 heavy (non-hydrogen) atoms. The Kier molecular flexibility index (Phi) is 4.10. The number of aromatic carboxylic acids is 1. The third-order valence-corrected chi connectivity index (χ3v) is 2.77. The van der Waals surface area contributed by atoms with Crippen molar-refractivity contribution in [2.45, 2.75) is 13.0 Å². The monoisotopic (exact) mass is 294 g/mol. The number of rotatable bonds is 5. The van der Waals surface area contributed by atoms with Crippen LogP contribution in [0.1, 0.15) is 28.0 Å². The Balaban J connectivity index is 2.10. The number of carboxylic acids is 1. The highest BCUT2D eigenvalue weighted by Crippen LogP contribution is 2.20. The molecule has 1 unspecified atom stereocenters. The second-order valence-electron chi connectivity index (χ2n) is 4.05. The zero-order valence-corrected chi connectivity index (χ0v) is 11.3. The van der Waals surface area contributed by atoms with Gasteiger partial charge in [0.05, 0.1) is 0 Å². The number of hydrogen-bond acceptors (Lipinski definition) is 4. The highest BCUT2D eigenvalue weighted by atomic mass is 35.5. The first-order valence-electron chi connectivity index (χ1n) is 5.77. The number of ketones is 1. The molecule has 0 aliphatic carbocycles. The van der Waals surface area contributed by atoms with E-state index in [1.165, 1.54) is 12.1 Å². The first kappa shape index (κ1) is 14.1. The van der Waals surface area contributed by atoms with E-state index in [-0.39, 0.29) is 11.5 Å². The summed E-state index contributed by atoms with van der Waals surface area (Å²) in [5.41, 5.74) is 0. The summed E-state index contributed by atoms with van der Waals surface area (Å²) in [4.78, 5) is 22.7. The van der Waals surface area contributed by atoms with Gasteiger partial charge in [0.25, 0.3) is 0 Å². The van der Waals surface area contributed by atoms with Crippen LogP contribution in [0.3, 0.4) is 0 Å². The molecule has 0 amide bonds. The minimum atomic E-state index is -1.23. The minimum absolute atomic E-state index is 0.0584. The fourth-order valence-corrected chi connectivity index (χ4v) is 1.76. The highest BCUT2D eigenvalue weighted by molar-refractivity contribution is 6.30. The van der Waals surface area contributed by atoms with Crippen LogP contribution in [0.5, 0.6) is 5.75 Å². The maximum Gasteiger partial charge on any atom is 0.371 e. The van der Waals surface area contributed by atoms with Gasteiger partial charge in [0.1, 0.15) is 5.75 Å². The Bertz CT molecular complexity index is 647. The molecule has 0 spiro atoms. The number of carboxylic acid groups (broad SMARTS) is 1. The van der Waals surface area contributed by atoms with Gasteiger partial charge in [0.15, 0.2) is 11.9 Å². The Hall–Kier alpha value is -2.27. The van der Waals surface area contributed by atoms with E-state index >= 15 is 0 Å². The van der Waals surface area contributed by atoms with Gasteiger partial charge in [-0.05, 0) is 37.3 Å². The van der Waals surface area contributed by atoms with Gasteiger partial charge in [-0.1, -0.05) is 17.7 Å². The number of hydrogen-bond donors (Lipinski definition) is 1. The third kappa shape index (κ3) is 3.19. The van der Waals surface area contributed by atoms with Crippen LogP contribution >= 0.6 is 11.6 Å². The normalized spacial score (nSPS) is 11.9. The third-order valence-electron chi connectivity index (χ3n) is 2.54. The van der Waals surface area contributed by atoms with Gasteiger partial charge >= 0.3 is 5.97 Å². The highest BCUT2D eigenvalue weighted by Gasteiger charge is 2.22. The summed E-state index contributed by atoms with van der Waals surface area (Å²) in [5, 5.41) is 9.23. The number of benzene rings is 1. The Labute approximate surface area is 119 Å². The summed E-state index contributed by atoms with van der Waals surface area (Å²) >= 11 is 5.81. The molecule has 104 valence electrons. The van der Waals surface area contributed by atoms with Crippen molar-refractivity contribution < 1.29 is 23.8 Å². The number of halogens is 1. The van der Waals surface area contributed by atoms with Gasteiger partial charge in [0, 0.05) is 5.02 Å². The van der Waals surface area contributed by atoms with E-state index in [2.05, 4.69) is 0 Å². The van der Waals surface area contributed by atoms with Crippen molar-refractivity contribution in [3.8, 4) is 5.75 Å². The molecule has 0 fully saturated rings. The first-order valence-corrected chi connectivity index (χ1v) is 6.14. The van der Waals surface area contributed by atoms with Gasteiger partial charge in [-0.25, -0.2) is 4.79 Å². The smallest absolute Gasteiger partial charge is 0.371 e. The molecule has 6 heteroatoms. The van der Waals surface area contributed by atoms with Crippen LogP contribution in [0, 0.1) is 0 Å². The van der Waals surface area contributed by atoms with Crippen molar-refractivity contribution in [1.82, 2.24) is 0 Å². The molecule has 0 radical (unpaired) electrons. The molecule has 1 N–H and O–H groups in total. The molecule has 2 aromatic rings. The molecule has 5 nitrogen and oxygen atoms in total. The maximum absolute atomic E-state index is 12.0. The van der Waals surface area contributed by atoms with Gasteiger partial charge in [-0.2, -0.15) is 0 Å². The van der Waals surface area contributed by atoms with Gasteiger partial charge in [0.2, 0.25) is 11.5 Å². The minimum Gasteiger partial charge on any atom is -0.482 e. The Morgan fingerprint density at radius 2 is 1.95 bits per heavy atom. The van der Waals surface area contributed by atoms with Gasteiger partial charge in [-0.3, -0.25) is 4.79 Å². The largest absolute Gasteiger partial charge is 0.482 e. The lowest BCUT2D eigenvalue weighted by molar-refractivity contribution is 0.0655. The van der Waals surface area contributed by atoms with Crippen molar-refractivity contribution in [3.63, 3.8) is 0 Å². The van der Waals surface area contributed by atoms with E-state index < -0.39 is 17.9 Å². The molecule has 2 rings (SSSR count). The quantitative estimate of drug-likeness (QED) is 0.856. The van der Waals surface area contributed by atoms with Crippen molar-refractivity contribution in [2.75, 3.05) is 0 Å². The molecule has 1 atom stereocenters. The number of furan rings is 1. The van der Waals surface area contributed by atoms with Crippen LogP contribution in [0.15, 0.2) is 40.8 Å². The molecule has 0 aliphatic rings. The molecular weight excluding hydrogens is 284 g/mol. The summed E-state index contributed by atoms with van der Waals surface area (Å²) < 4.78 is 10.4. The van der Waals surface area contributed by atoms with Crippen LogP contribution < -0.4 is 4.74 Å². The average Bonchev–Trinajstić information content (AvgIpc) is 2.87. The Morgan fingerprint density at radius 1 is 1.25 bits per heavy atom. The topological polar surface area (TPSA) is 76.7 Å². The number of carbonyl (C=O) groups excluding carboxylic acids is 1. The molecule has 1 aromatic carbocycles. The molecule has 0 bridgehead atoms. The molecule has 1 aromatic heterocycles. The fourth-order valence-electron chi connectivity index (χ4n) is 1.58. The molecule has 0 aliphatic heterocycles. The fraction of sp³-hybridized carbons (Fsp3) is 0.143. The van der Waals surface area contributed by atoms with Crippen LogP contribution in [-0.2, 0) is 0 Å². The van der Waals surface area contributed by atoms with E-state index in [4.69, 9.17) is 25.9 Å². The first-order chi connectivity index (χ1) is 9.47. The van der Waals surface area contributed by atoms with Crippen LogP contribution in [0.4, 0.5) is 0 Å². The van der Waals surface area contributed by atoms with E-state index in [1.54, 1.807) is 31.2 Å². The summed E-state index contributed by atoms with van der Waals surface area (Å²) in [7, 11) is 0. The van der Waals surface area contributed by atoms with Crippen molar-refractivity contribution >= 4 is 23.4 Å². The van der Waals surface area contributed by atoms with E-state index in [0.29, 0.717) is 10.8 Å². The number of carbonyl (C=O) groups is 2. The van der Waals surface area contributed by atoms with Crippen molar-refractivity contribution in [2.24, 2.45) is 0 Å². The van der Waals surface area contributed by atoms with Gasteiger partial charge < -0.3 is 14.3 Å². The average molecular weight is 295 g/mol. The van der Waals surface area contributed by atoms with Crippen LogP contribution in [0.25, 0.3) is 0 Å². The van der Waals surface area contributed by atoms with E-state index in [0.717, 1.165) is 0 Å². The zero-order chi connectivity index (χ0) is 14.7. The van der Waals surface area contributed by atoms with E-state index in [1.807, 2.05) is 0 Å². The summed E-state index contributed by atoms with van der Waals surface area (Å²) in [6.07, 6.45) is -0.818. The van der Waals surface area contributed by atoms with Crippen molar-refractivity contribution in [1.29, 1.82) is 0 Å². The second-order valence-corrected chi connectivity index (χ2v) is 4.49. The lowest BCUT2D eigenvalue weighted by Crippen LogP contribution is -2.23. The summed E-state index contributed by atoms with van der Waals surface area (Å²) in [6.45, 7) is 1.55. The molecule has 1 heterocycles. The van der Waals surface area contributed by atoms with E-state index in [9.17, 15) is 9.59 Å². The zero-order valence-electron chi connectivity index (χ0n) is 10.5. The second kappa shape index (κ2) is 5.79. The van der Waals surface area contributed by atoms with Gasteiger partial charge in [-0.15, -0.1) is 0 Å². The predicted molar refractivity (Wildman–Crippen MR) is 71.5 cm³/mol. The SMILES string of the molecule is CC(Oc1cccc(Cl)c1)C(=O)c1ccc(C(=O)O)o1. The lowest BCUT2D eigenvalue weighted by Gasteiger charge is -2.12. The van der Waals surface area contributed by atoms with Crippen molar-refractivity contribution in [3.05, 3.63) is 52.9 Å². The summed E-state index contributed by atoms with van der Waals surface area (Å²) in [5.74, 6) is -1.58. The predicted octanol–water partition coefficient (Wildman–Crippen LogP) is 3.28. The molecule has 0 saturated carbocycles. The standard InChI is InChI=1S/C14H11ClO5/c1-8(19-10-4-2-3-9(15)7-10)13(16)11-5-6-12(20-11)14(17)18/h2-8H,1H3,(H,17,18). The maximum atomic E-state index is 12.0. The Morgan fingerprint density at radius 3 is 2.55 bits per heavy atom. The number of ether oxygens (including phenoxy) is 1. The number of Topliss-reactive ketones (excluding diaryl/α,β-unsaturated/α-hetero) is 1. The van der Waals surface area contributed by atoms with Crippen LogP contribution in [-0.4, -0.2) is 23.0 Å². The lowest BCUT2D eigenvalue weighted by atomic mass is 10.2. The summed E-state index contributed by atoms with van der Waals surface area (Å²) in [6, 6.07) is 9.17.